The van der Waals surface area contributed by atoms with Crippen molar-refractivity contribution in [1.29, 1.82) is 0 Å². The number of oxime groups is 1. The zero-order valence-corrected chi connectivity index (χ0v) is 11.0. The molecule has 0 saturated heterocycles. The Morgan fingerprint density at radius 3 is 2.53 bits per heavy atom. The summed E-state index contributed by atoms with van der Waals surface area (Å²) in [7, 11) is 0. The zero-order valence-electron chi connectivity index (χ0n) is 11.0. The molecule has 1 aliphatic carbocycles. The van der Waals surface area contributed by atoms with E-state index in [0.29, 0.717) is 11.0 Å². The summed E-state index contributed by atoms with van der Waals surface area (Å²) in [5.74, 6) is 0.124. The number of nitrogens with two attached hydrogens (primary N) is 1. The summed E-state index contributed by atoms with van der Waals surface area (Å²) >= 11 is 0. The third-order valence-electron chi connectivity index (χ3n) is 3.79. The standard InChI is InChI=1S/C14H21N3O2/c15-13(17-19)12-3-1-11(2-4-12)9-16-10-14(5-6-14)7-8-18/h1-4,16,18-19H,5-10H2,(H2,15,17). The fraction of sp³-hybridized carbons (Fsp3) is 0.500. The molecule has 5 N–H and O–H groups in total. The number of aliphatic hydroxyl groups excluding tert-OH is 1. The predicted molar refractivity (Wildman–Crippen MR) is 74.0 cm³/mol. The van der Waals surface area contributed by atoms with Crippen LogP contribution in [-0.4, -0.2) is 29.3 Å². The molecule has 0 atom stereocenters. The summed E-state index contributed by atoms with van der Waals surface area (Å²) in [6, 6.07) is 7.61. The number of hydrogen-bond acceptors (Lipinski definition) is 4. The van der Waals surface area contributed by atoms with Crippen molar-refractivity contribution in [2.24, 2.45) is 16.3 Å². The molecule has 2 rings (SSSR count). The lowest BCUT2D eigenvalue weighted by atomic mass is 10.0. The van der Waals surface area contributed by atoms with E-state index in [-0.39, 0.29) is 12.4 Å². The average molecular weight is 263 g/mol. The first-order valence-electron chi connectivity index (χ1n) is 6.57. The van der Waals surface area contributed by atoms with Gasteiger partial charge in [0.25, 0.3) is 0 Å². The predicted octanol–water partition coefficient (Wildman–Crippen LogP) is 1.03. The SMILES string of the molecule is N/C(=N/O)c1ccc(CNCC2(CCO)CC2)cc1. The number of hydrogen-bond donors (Lipinski definition) is 4. The van der Waals surface area contributed by atoms with Crippen molar-refractivity contribution in [2.45, 2.75) is 25.8 Å². The number of amidine groups is 1. The van der Waals surface area contributed by atoms with Crippen LogP contribution in [0.4, 0.5) is 0 Å². The lowest BCUT2D eigenvalue weighted by Gasteiger charge is -2.14. The van der Waals surface area contributed by atoms with Gasteiger partial charge < -0.3 is 21.4 Å². The molecule has 19 heavy (non-hydrogen) atoms. The minimum Gasteiger partial charge on any atom is -0.409 e. The van der Waals surface area contributed by atoms with E-state index in [1.165, 1.54) is 12.8 Å². The molecule has 1 aromatic rings. The van der Waals surface area contributed by atoms with Crippen molar-refractivity contribution in [3.63, 3.8) is 0 Å². The van der Waals surface area contributed by atoms with Crippen LogP contribution in [0.5, 0.6) is 0 Å². The van der Waals surface area contributed by atoms with Gasteiger partial charge in [-0.15, -0.1) is 0 Å². The summed E-state index contributed by atoms with van der Waals surface area (Å²) < 4.78 is 0. The van der Waals surface area contributed by atoms with Crippen LogP contribution in [0.1, 0.15) is 30.4 Å². The third-order valence-corrected chi connectivity index (χ3v) is 3.79. The lowest BCUT2D eigenvalue weighted by molar-refractivity contribution is 0.245. The fourth-order valence-corrected chi connectivity index (χ4v) is 2.25. The normalized spacial score (nSPS) is 17.4. The molecule has 1 aliphatic rings. The third kappa shape index (κ3) is 3.68. The molecule has 0 radical (unpaired) electrons. The van der Waals surface area contributed by atoms with E-state index in [1.54, 1.807) is 0 Å². The molecule has 1 aromatic carbocycles. The molecule has 1 saturated carbocycles. The second-order valence-electron chi connectivity index (χ2n) is 5.26. The van der Waals surface area contributed by atoms with E-state index in [4.69, 9.17) is 16.0 Å². The number of benzene rings is 1. The zero-order chi connectivity index (χ0) is 13.7. The molecule has 104 valence electrons. The van der Waals surface area contributed by atoms with Gasteiger partial charge >= 0.3 is 0 Å². The van der Waals surface area contributed by atoms with Gasteiger partial charge in [0.05, 0.1) is 0 Å². The first kappa shape index (κ1) is 13.8. The van der Waals surface area contributed by atoms with Crippen LogP contribution in [0.15, 0.2) is 29.4 Å². The Morgan fingerprint density at radius 2 is 2.00 bits per heavy atom. The molecular formula is C14H21N3O2. The molecule has 0 heterocycles. The Balaban J connectivity index is 1.80. The van der Waals surface area contributed by atoms with Crippen molar-refractivity contribution >= 4 is 5.84 Å². The molecule has 0 amide bonds. The van der Waals surface area contributed by atoms with Gasteiger partial charge in [0.2, 0.25) is 0 Å². The fourth-order valence-electron chi connectivity index (χ4n) is 2.25. The van der Waals surface area contributed by atoms with Crippen LogP contribution in [0.25, 0.3) is 0 Å². The van der Waals surface area contributed by atoms with Gasteiger partial charge in [0.15, 0.2) is 5.84 Å². The van der Waals surface area contributed by atoms with E-state index in [2.05, 4.69) is 10.5 Å². The highest BCUT2D eigenvalue weighted by molar-refractivity contribution is 5.96. The van der Waals surface area contributed by atoms with Crippen molar-refractivity contribution in [2.75, 3.05) is 13.2 Å². The van der Waals surface area contributed by atoms with Crippen molar-refractivity contribution in [3.8, 4) is 0 Å². The monoisotopic (exact) mass is 263 g/mol. The Labute approximate surface area is 113 Å². The summed E-state index contributed by atoms with van der Waals surface area (Å²) in [5.41, 5.74) is 7.71. The van der Waals surface area contributed by atoms with E-state index >= 15 is 0 Å². The summed E-state index contributed by atoms with van der Waals surface area (Å²) in [6.07, 6.45) is 3.31. The first-order chi connectivity index (χ1) is 9.19. The van der Waals surface area contributed by atoms with Gasteiger partial charge in [0.1, 0.15) is 0 Å². The average Bonchev–Trinajstić information content (AvgIpc) is 3.19. The molecule has 5 nitrogen and oxygen atoms in total. The van der Waals surface area contributed by atoms with Crippen molar-refractivity contribution in [1.82, 2.24) is 5.32 Å². The Kier molecular flexibility index (Phi) is 4.39. The Morgan fingerprint density at radius 1 is 1.32 bits per heavy atom. The highest BCUT2D eigenvalue weighted by Gasteiger charge is 2.41. The number of nitrogens with one attached hydrogen (secondary N) is 1. The maximum atomic E-state index is 8.99. The van der Waals surface area contributed by atoms with Gasteiger partial charge in [-0.3, -0.25) is 0 Å². The molecule has 0 aliphatic heterocycles. The maximum absolute atomic E-state index is 8.99. The van der Waals surface area contributed by atoms with Gasteiger partial charge in [-0.05, 0) is 30.2 Å². The molecular weight excluding hydrogens is 242 g/mol. The van der Waals surface area contributed by atoms with Crippen LogP contribution < -0.4 is 11.1 Å². The minimum absolute atomic E-state index is 0.124. The molecule has 0 bridgehead atoms. The van der Waals surface area contributed by atoms with Crippen LogP contribution in [0.3, 0.4) is 0 Å². The minimum atomic E-state index is 0.124. The maximum Gasteiger partial charge on any atom is 0.170 e. The number of rotatable bonds is 7. The summed E-state index contributed by atoms with van der Waals surface area (Å²) in [6.45, 7) is 2.02. The summed E-state index contributed by atoms with van der Waals surface area (Å²) in [5, 5.41) is 24.0. The molecule has 0 aromatic heterocycles. The second-order valence-corrected chi connectivity index (χ2v) is 5.26. The highest BCUT2D eigenvalue weighted by atomic mass is 16.4. The van der Waals surface area contributed by atoms with Gasteiger partial charge in [-0.25, -0.2) is 0 Å². The van der Waals surface area contributed by atoms with Crippen LogP contribution in [0, 0.1) is 5.41 Å². The lowest BCUT2D eigenvalue weighted by Crippen LogP contribution is -2.24. The number of nitrogens with zero attached hydrogens (tertiary/aromatic N) is 1. The quantitative estimate of drug-likeness (QED) is 0.256. The van der Waals surface area contributed by atoms with E-state index in [9.17, 15) is 0 Å². The molecule has 5 heteroatoms. The van der Waals surface area contributed by atoms with Gasteiger partial charge in [-0.2, -0.15) is 0 Å². The van der Waals surface area contributed by atoms with Crippen molar-refractivity contribution < 1.29 is 10.3 Å². The highest BCUT2D eigenvalue weighted by Crippen LogP contribution is 2.47. The van der Waals surface area contributed by atoms with E-state index in [0.717, 1.165) is 25.1 Å². The second kappa shape index (κ2) is 6.04. The smallest absolute Gasteiger partial charge is 0.170 e. The largest absolute Gasteiger partial charge is 0.409 e. The van der Waals surface area contributed by atoms with Gasteiger partial charge in [-0.1, -0.05) is 29.4 Å². The van der Waals surface area contributed by atoms with Crippen LogP contribution in [0.2, 0.25) is 0 Å². The van der Waals surface area contributed by atoms with E-state index < -0.39 is 0 Å². The first-order valence-corrected chi connectivity index (χ1v) is 6.57. The van der Waals surface area contributed by atoms with Crippen LogP contribution >= 0.6 is 0 Å². The summed E-state index contributed by atoms with van der Waals surface area (Å²) in [4.78, 5) is 0. The Hall–Kier alpha value is -1.59. The van der Waals surface area contributed by atoms with Crippen molar-refractivity contribution in [3.05, 3.63) is 35.4 Å². The van der Waals surface area contributed by atoms with Crippen LogP contribution in [-0.2, 0) is 6.54 Å². The Bertz CT molecular complexity index is 439. The van der Waals surface area contributed by atoms with Gasteiger partial charge in [0, 0.05) is 25.3 Å². The molecule has 0 spiro atoms. The molecule has 0 unspecified atom stereocenters. The molecule has 1 fully saturated rings. The van der Waals surface area contributed by atoms with E-state index in [1.807, 2.05) is 24.3 Å². The number of aliphatic hydroxyl groups is 1. The topological polar surface area (TPSA) is 90.9 Å².